The highest BCUT2D eigenvalue weighted by Crippen LogP contribution is 2.66. The van der Waals surface area contributed by atoms with E-state index < -0.39 is 0 Å². The zero-order valence-electron chi connectivity index (χ0n) is 20.4. The first-order chi connectivity index (χ1) is 15.1. The first kappa shape index (κ1) is 23.5. The van der Waals surface area contributed by atoms with Gasteiger partial charge in [-0.15, -0.1) is 0 Å². The Balaban J connectivity index is 1.54. The zero-order chi connectivity index (χ0) is 23.3. The molecule has 32 heavy (non-hydrogen) atoms. The maximum absolute atomic E-state index is 13.5. The van der Waals surface area contributed by atoms with Gasteiger partial charge in [0.1, 0.15) is 6.10 Å². The molecule has 0 aromatic carbocycles. The maximum Gasteiger partial charge on any atom is 0.305 e. The summed E-state index contributed by atoms with van der Waals surface area (Å²) in [4.78, 5) is 36.7. The quantitative estimate of drug-likeness (QED) is 0.541. The molecule has 0 aromatic rings. The van der Waals surface area contributed by atoms with Crippen molar-refractivity contribution >= 4 is 17.7 Å². The van der Waals surface area contributed by atoms with Gasteiger partial charge in [-0.3, -0.25) is 14.4 Å². The highest BCUT2D eigenvalue weighted by molar-refractivity contribution is 5.94. The van der Waals surface area contributed by atoms with Crippen LogP contribution in [-0.4, -0.2) is 30.9 Å². The molecule has 0 aliphatic heterocycles. The number of carbonyl (C=O) groups excluding carboxylic acids is 3. The Kier molecular flexibility index (Phi) is 6.32. The predicted octanol–water partition coefficient (Wildman–Crippen LogP) is 5.27. The monoisotopic (exact) mass is 444 g/mol. The Morgan fingerprint density at radius 2 is 1.88 bits per heavy atom. The molecule has 0 aromatic heterocycles. The molecule has 4 aliphatic carbocycles. The molecule has 0 heterocycles. The van der Waals surface area contributed by atoms with Crippen LogP contribution in [0.4, 0.5) is 0 Å². The van der Waals surface area contributed by atoms with Crippen molar-refractivity contribution < 1.29 is 23.9 Å². The number of ketones is 1. The SMILES string of the molecule is COC(=O)CC[C@@H](C)[C@H]1CC[C@H]2[C@@H]3C(=O)C=C4C[C@@H](OC(C)=O)CC[C@]4(C)[C@H]3CC[C@]12C. The van der Waals surface area contributed by atoms with Crippen molar-refractivity contribution in [3.8, 4) is 0 Å². The van der Waals surface area contributed by atoms with Gasteiger partial charge in [0, 0.05) is 25.7 Å². The molecule has 3 fully saturated rings. The average molecular weight is 445 g/mol. The van der Waals surface area contributed by atoms with E-state index in [1.54, 1.807) is 0 Å². The van der Waals surface area contributed by atoms with Crippen molar-refractivity contribution in [3.63, 3.8) is 0 Å². The van der Waals surface area contributed by atoms with Gasteiger partial charge >= 0.3 is 11.9 Å². The largest absolute Gasteiger partial charge is 0.469 e. The molecule has 8 atom stereocenters. The van der Waals surface area contributed by atoms with Gasteiger partial charge in [-0.05, 0) is 85.5 Å². The van der Waals surface area contributed by atoms with Crippen molar-refractivity contribution in [1.82, 2.24) is 0 Å². The van der Waals surface area contributed by atoms with E-state index in [-0.39, 0.29) is 34.8 Å². The second-order valence-electron chi connectivity index (χ2n) is 11.5. The van der Waals surface area contributed by atoms with E-state index in [0.717, 1.165) is 44.9 Å². The van der Waals surface area contributed by atoms with Gasteiger partial charge in [-0.1, -0.05) is 26.3 Å². The highest BCUT2D eigenvalue weighted by Gasteiger charge is 2.61. The van der Waals surface area contributed by atoms with Crippen LogP contribution in [0.5, 0.6) is 0 Å². The summed E-state index contributed by atoms with van der Waals surface area (Å²) in [5.41, 5.74) is 1.43. The lowest BCUT2D eigenvalue weighted by Crippen LogP contribution is -2.53. The van der Waals surface area contributed by atoms with E-state index >= 15 is 0 Å². The van der Waals surface area contributed by atoms with Gasteiger partial charge in [-0.2, -0.15) is 0 Å². The molecule has 0 amide bonds. The minimum absolute atomic E-state index is 0.0468. The van der Waals surface area contributed by atoms with Gasteiger partial charge < -0.3 is 9.47 Å². The number of allylic oxidation sites excluding steroid dienone is 1. The Morgan fingerprint density at radius 3 is 2.56 bits per heavy atom. The summed E-state index contributed by atoms with van der Waals surface area (Å²) in [6.07, 6.45) is 10.3. The molecule has 0 unspecified atom stereocenters. The molecule has 4 aliphatic rings. The third-order valence-corrected chi connectivity index (χ3v) is 10.0. The van der Waals surface area contributed by atoms with Crippen molar-refractivity contribution in [2.24, 2.45) is 40.4 Å². The van der Waals surface area contributed by atoms with E-state index in [1.165, 1.54) is 19.6 Å². The summed E-state index contributed by atoms with van der Waals surface area (Å²) in [6, 6.07) is 0. The standard InChI is InChI=1S/C27H40O5/c1-16(6-9-24(30)31-5)20-7-8-21-25-22(11-13-27(20,21)4)26(3)12-10-19(32-17(2)28)14-18(26)15-23(25)29/h15-16,19-22,25H,6-14H2,1-5H3/t16-,19+,20-,21+,22+,25+,26+,27-/m1/s1. The van der Waals surface area contributed by atoms with Gasteiger partial charge in [0.2, 0.25) is 0 Å². The molecule has 0 radical (unpaired) electrons. The molecular formula is C27H40O5. The number of rotatable bonds is 5. The summed E-state index contributed by atoms with van der Waals surface area (Å²) < 4.78 is 10.4. The molecule has 178 valence electrons. The molecule has 0 saturated heterocycles. The second kappa shape index (κ2) is 8.61. The summed E-state index contributed by atoms with van der Waals surface area (Å²) in [5, 5.41) is 0. The van der Waals surface area contributed by atoms with E-state index in [0.29, 0.717) is 42.3 Å². The first-order valence-corrected chi connectivity index (χ1v) is 12.6. The summed E-state index contributed by atoms with van der Waals surface area (Å²) >= 11 is 0. The third kappa shape index (κ3) is 3.84. The van der Waals surface area contributed by atoms with Gasteiger partial charge in [0.25, 0.3) is 0 Å². The number of methoxy groups -OCH3 is 1. The summed E-state index contributed by atoms with van der Waals surface area (Å²) in [5.74, 6) is 1.92. The van der Waals surface area contributed by atoms with Crippen molar-refractivity contribution in [3.05, 3.63) is 11.6 Å². The number of carbonyl (C=O) groups is 3. The van der Waals surface area contributed by atoms with Crippen LogP contribution in [0.3, 0.4) is 0 Å². The van der Waals surface area contributed by atoms with Gasteiger partial charge in [0.15, 0.2) is 5.78 Å². The van der Waals surface area contributed by atoms with Gasteiger partial charge in [0.05, 0.1) is 7.11 Å². The minimum Gasteiger partial charge on any atom is -0.469 e. The highest BCUT2D eigenvalue weighted by atomic mass is 16.5. The van der Waals surface area contributed by atoms with Crippen LogP contribution < -0.4 is 0 Å². The number of fused-ring (bicyclic) bond motifs is 5. The van der Waals surface area contributed by atoms with E-state index in [4.69, 9.17) is 9.47 Å². The zero-order valence-corrected chi connectivity index (χ0v) is 20.4. The Hall–Kier alpha value is -1.65. The number of hydrogen-bond donors (Lipinski definition) is 0. The smallest absolute Gasteiger partial charge is 0.305 e. The van der Waals surface area contributed by atoms with Crippen LogP contribution in [0, 0.1) is 40.4 Å². The summed E-state index contributed by atoms with van der Waals surface area (Å²) in [7, 11) is 1.46. The number of hydrogen-bond acceptors (Lipinski definition) is 5. The number of ether oxygens (including phenoxy) is 2. The van der Waals surface area contributed by atoms with E-state index in [1.807, 2.05) is 6.08 Å². The predicted molar refractivity (Wildman–Crippen MR) is 122 cm³/mol. The fourth-order valence-electron chi connectivity index (χ4n) is 8.33. The average Bonchev–Trinajstić information content (AvgIpc) is 3.09. The molecule has 3 saturated carbocycles. The van der Waals surface area contributed by atoms with Crippen LogP contribution in [-0.2, 0) is 23.9 Å². The molecule has 0 spiro atoms. The van der Waals surface area contributed by atoms with Crippen molar-refractivity contribution in [1.29, 1.82) is 0 Å². The van der Waals surface area contributed by atoms with Crippen molar-refractivity contribution in [2.75, 3.05) is 7.11 Å². The molecular weight excluding hydrogens is 404 g/mol. The Morgan fingerprint density at radius 1 is 1.12 bits per heavy atom. The Labute approximate surface area is 192 Å². The molecule has 5 nitrogen and oxygen atoms in total. The second-order valence-corrected chi connectivity index (χ2v) is 11.5. The molecule has 0 bridgehead atoms. The first-order valence-electron chi connectivity index (χ1n) is 12.6. The summed E-state index contributed by atoms with van der Waals surface area (Å²) in [6.45, 7) is 8.54. The van der Waals surface area contributed by atoms with Crippen LogP contribution >= 0.6 is 0 Å². The van der Waals surface area contributed by atoms with E-state index in [2.05, 4.69) is 20.8 Å². The minimum atomic E-state index is -0.231. The third-order valence-electron chi connectivity index (χ3n) is 10.0. The fraction of sp³-hybridized carbons (Fsp3) is 0.815. The van der Waals surface area contributed by atoms with Crippen LogP contribution in [0.1, 0.15) is 85.5 Å². The maximum atomic E-state index is 13.5. The van der Waals surface area contributed by atoms with Crippen LogP contribution in [0.2, 0.25) is 0 Å². The molecule has 4 rings (SSSR count). The Bertz CT molecular complexity index is 815. The molecule has 0 N–H and O–H groups in total. The van der Waals surface area contributed by atoms with Crippen LogP contribution in [0.15, 0.2) is 11.6 Å². The van der Waals surface area contributed by atoms with Crippen LogP contribution in [0.25, 0.3) is 0 Å². The normalized spacial score (nSPS) is 41.6. The topological polar surface area (TPSA) is 69.7 Å². The number of esters is 2. The fourth-order valence-corrected chi connectivity index (χ4v) is 8.33. The van der Waals surface area contributed by atoms with Crippen molar-refractivity contribution in [2.45, 2.75) is 91.6 Å². The molecule has 5 heteroatoms. The lowest BCUT2D eigenvalue weighted by atomic mass is 9.46. The lowest BCUT2D eigenvalue weighted by molar-refractivity contribution is -0.149. The van der Waals surface area contributed by atoms with E-state index in [9.17, 15) is 14.4 Å². The van der Waals surface area contributed by atoms with Gasteiger partial charge in [-0.25, -0.2) is 0 Å². The lowest BCUT2D eigenvalue weighted by Gasteiger charge is -2.57.